The lowest BCUT2D eigenvalue weighted by Gasteiger charge is -2.36. The van der Waals surface area contributed by atoms with Crippen molar-refractivity contribution in [3.05, 3.63) is 66.6 Å². The number of pyridine rings is 2. The van der Waals surface area contributed by atoms with Gasteiger partial charge in [-0.25, -0.2) is 9.97 Å². The van der Waals surface area contributed by atoms with E-state index in [0.29, 0.717) is 36.3 Å². The summed E-state index contributed by atoms with van der Waals surface area (Å²) in [6, 6.07) is 9.71. The molecule has 2 atom stereocenters. The summed E-state index contributed by atoms with van der Waals surface area (Å²) in [7, 11) is 0. The van der Waals surface area contributed by atoms with E-state index in [1.54, 1.807) is 36.6 Å². The molecule has 0 unspecified atom stereocenters. The van der Waals surface area contributed by atoms with Gasteiger partial charge in [0.25, 0.3) is 0 Å². The van der Waals surface area contributed by atoms with Crippen LogP contribution >= 0.6 is 0 Å². The molecule has 192 valence electrons. The van der Waals surface area contributed by atoms with Crippen molar-refractivity contribution in [2.45, 2.75) is 50.6 Å². The Morgan fingerprint density at radius 2 is 2.08 bits per heavy atom. The summed E-state index contributed by atoms with van der Waals surface area (Å²) in [5, 5.41) is 3.41. The number of nitrogens with one attached hydrogen (secondary N) is 1. The number of likely N-dealkylation sites (tertiary alicyclic amines) is 1. The van der Waals surface area contributed by atoms with Crippen LogP contribution in [-0.2, 0) is 4.79 Å². The molecule has 38 heavy (non-hydrogen) atoms. The number of rotatable bonds is 7. The molecule has 2 aliphatic rings. The van der Waals surface area contributed by atoms with Crippen molar-refractivity contribution in [3.63, 3.8) is 0 Å². The molecule has 2 fully saturated rings. The second-order valence-corrected chi connectivity index (χ2v) is 9.55. The SMILES string of the molecule is C#C[C@H]1CC[C@@H](c2nc(Nc3ccnc(C(C=NC4CC4)=CN)c3)cc(-c3cccnc3)n2)CN1C(C)=O. The molecule has 3 N–H and O–H groups in total. The minimum atomic E-state index is -0.202. The second-order valence-electron chi connectivity index (χ2n) is 9.55. The van der Waals surface area contributed by atoms with Crippen molar-refractivity contribution < 1.29 is 4.79 Å². The minimum Gasteiger partial charge on any atom is -0.404 e. The summed E-state index contributed by atoms with van der Waals surface area (Å²) in [5.74, 6) is 3.94. The summed E-state index contributed by atoms with van der Waals surface area (Å²) in [6.07, 6.45) is 18.0. The van der Waals surface area contributed by atoms with Gasteiger partial charge in [0, 0.05) is 73.3 Å². The maximum Gasteiger partial charge on any atom is 0.220 e. The Bertz CT molecular complexity index is 1410. The molecule has 0 radical (unpaired) electrons. The molecule has 0 aromatic carbocycles. The fraction of sp³-hybridized carbons (Fsp3) is 0.310. The minimum absolute atomic E-state index is 0.0425. The number of allylic oxidation sites excluding steroid dienone is 1. The number of nitrogens with zero attached hydrogens (tertiary/aromatic N) is 6. The van der Waals surface area contributed by atoms with Gasteiger partial charge < -0.3 is 16.0 Å². The van der Waals surface area contributed by atoms with Gasteiger partial charge in [-0.15, -0.1) is 6.42 Å². The number of piperidine rings is 1. The number of terminal acetylenes is 1. The molecule has 1 aliphatic heterocycles. The summed E-state index contributed by atoms with van der Waals surface area (Å²) in [6.45, 7) is 2.03. The van der Waals surface area contributed by atoms with Crippen LogP contribution < -0.4 is 11.1 Å². The fourth-order valence-corrected chi connectivity index (χ4v) is 4.50. The molecular formula is C29H30N8O. The molecule has 3 aromatic heterocycles. The molecule has 5 rings (SSSR count). The number of aromatic nitrogens is 4. The Morgan fingerprint density at radius 3 is 2.79 bits per heavy atom. The van der Waals surface area contributed by atoms with Gasteiger partial charge >= 0.3 is 0 Å². The summed E-state index contributed by atoms with van der Waals surface area (Å²) < 4.78 is 0. The Labute approximate surface area is 222 Å². The molecule has 1 saturated carbocycles. The van der Waals surface area contributed by atoms with Crippen LogP contribution in [-0.4, -0.2) is 55.6 Å². The van der Waals surface area contributed by atoms with Gasteiger partial charge in [0.15, 0.2) is 0 Å². The van der Waals surface area contributed by atoms with E-state index < -0.39 is 0 Å². The first-order chi connectivity index (χ1) is 18.5. The third kappa shape index (κ3) is 5.86. The van der Waals surface area contributed by atoms with Crippen LogP contribution in [0.3, 0.4) is 0 Å². The predicted octanol–water partition coefficient (Wildman–Crippen LogP) is 3.94. The van der Waals surface area contributed by atoms with E-state index in [1.165, 1.54) is 6.20 Å². The largest absolute Gasteiger partial charge is 0.404 e. The summed E-state index contributed by atoms with van der Waals surface area (Å²) >= 11 is 0. The Kier molecular flexibility index (Phi) is 7.40. The van der Waals surface area contributed by atoms with Gasteiger partial charge in [-0.1, -0.05) is 5.92 Å². The van der Waals surface area contributed by atoms with Gasteiger partial charge in [0.05, 0.1) is 23.5 Å². The molecule has 9 heteroatoms. The number of carbonyl (C=O) groups is 1. The van der Waals surface area contributed by atoms with Crippen LogP contribution in [0.1, 0.15) is 50.0 Å². The van der Waals surface area contributed by atoms with Crippen molar-refractivity contribution in [2.75, 3.05) is 11.9 Å². The number of nitrogens with two attached hydrogens (primary N) is 1. The molecule has 1 saturated heterocycles. The summed E-state index contributed by atoms with van der Waals surface area (Å²) in [5.41, 5.74) is 9.77. The molecule has 1 amide bonds. The van der Waals surface area contributed by atoms with E-state index in [0.717, 1.165) is 41.8 Å². The Hall–Kier alpha value is -4.58. The van der Waals surface area contributed by atoms with Crippen molar-refractivity contribution in [2.24, 2.45) is 10.7 Å². The topological polar surface area (TPSA) is 122 Å². The van der Waals surface area contributed by atoms with Gasteiger partial charge in [0.1, 0.15) is 11.6 Å². The first kappa shape index (κ1) is 25.1. The highest BCUT2D eigenvalue weighted by Gasteiger charge is 2.31. The monoisotopic (exact) mass is 506 g/mol. The van der Waals surface area contributed by atoms with Crippen LogP contribution in [0.5, 0.6) is 0 Å². The molecule has 3 aromatic rings. The van der Waals surface area contributed by atoms with Crippen LogP contribution in [0.25, 0.3) is 16.8 Å². The van der Waals surface area contributed by atoms with Crippen molar-refractivity contribution >= 4 is 29.2 Å². The third-order valence-corrected chi connectivity index (χ3v) is 6.72. The molecule has 4 heterocycles. The van der Waals surface area contributed by atoms with E-state index in [-0.39, 0.29) is 17.9 Å². The standard InChI is InChI=1S/C29H30N8O/c1-3-25-9-6-21(18-37(25)19(2)38)29-35-27(20-5-4-11-31-16-20)14-28(36-29)34-24-10-12-32-26(13-24)22(15-30)17-33-23-7-8-23/h1,4-5,10-17,21,23,25H,6-9,18,30H2,2H3,(H,32,34,35,36)/t21-,25+/m1/s1. The number of carbonyl (C=O) groups excluding carboxylic acids is 1. The lowest BCUT2D eigenvalue weighted by molar-refractivity contribution is -0.131. The Morgan fingerprint density at radius 1 is 1.21 bits per heavy atom. The maximum atomic E-state index is 12.3. The highest BCUT2D eigenvalue weighted by Crippen LogP contribution is 2.31. The van der Waals surface area contributed by atoms with Crippen LogP contribution in [0.4, 0.5) is 11.5 Å². The van der Waals surface area contributed by atoms with Crippen LogP contribution in [0, 0.1) is 12.3 Å². The maximum absolute atomic E-state index is 12.3. The normalized spacial score (nSPS) is 19.8. The van der Waals surface area contributed by atoms with Crippen LogP contribution in [0.15, 0.2) is 60.1 Å². The lowest BCUT2D eigenvalue weighted by Crippen LogP contribution is -2.44. The lowest BCUT2D eigenvalue weighted by atomic mass is 9.92. The van der Waals surface area contributed by atoms with Crippen molar-refractivity contribution in [1.82, 2.24) is 24.8 Å². The zero-order valence-corrected chi connectivity index (χ0v) is 21.3. The van der Waals surface area contributed by atoms with Gasteiger partial charge in [0.2, 0.25) is 5.91 Å². The first-order valence-corrected chi connectivity index (χ1v) is 12.7. The van der Waals surface area contributed by atoms with E-state index in [9.17, 15) is 4.79 Å². The third-order valence-electron chi connectivity index (χ3n) is 6.72. The second kappa shape index (κ2) is 11.2. The highest BCUT2D eigenvalue weighted by molar-refractivity contribution is 6.09. The molecular weight excluding hydrogens is 476 g/mol. The van der Waals surface area contributed by atoms with Gasteiger partial charge in [-0.3, -0.25) is 19.8 Å². The quantitative estimate of drug-likeness (QED) is 0.368. The molecule has 9 nitrogen and oxygen atoms in total. The predicted molar refractivity (Wildman–Crippen MR) is 148 cm³/mol. The zero-order valence-electron chi connectivity index (χ0n) is 21.3. The summed E-state index contributed by atoms with van der Waals surface area (Å²) in [4.78, 5) is 37.0. The van der Waals surface area contributed by atoms with E-state index in [2.05, 4.69) is 26.2 Å². The van der Waals surface area contributed by atoms with E-state index >= 15 is 0 Å². The molecule has 0 spiro atoms. The fourth-order valence-electron chi connectivity index (χ4n) is 4.50. The van der Waals surface area contributed by atoms with Crippen molar-refractivity contribution in [1.29, 1.82) is 0 Å². The van der Waals surface area contributed by atoms with Gasteiger partial charge in [-0.05, 0) is 49.9 Å². The number of amides is 1. The average Bonchev–Trinajstić information content (AvgIpc) is 3.78. The molecule has 1 aliphatic carbocycles. The Balaban J connectivity index is 1.46. The van der Waals surface area contributed by atoms with Gasteiger partial charge in [-0.2, -0.15) is 0 Å². The first-order valence-electron chi connectivity index (χ1n) is 12.7. The number of hydrogen-bond donors (Lipinski definition) is 2. The number of hydrogen-bond acceptors (Lipinski definition) is 8. The van der Waals surface area contributed by atoms with Crippen molar-refractivity contribution in [3.8, 4) is 23.6 Å². The van der Waals surface area contributed by atoms with Crippen LogP contribution in [0.2, 0.25) is 0 Å². The van der Waals surface area contributed by atoms with E-state index in [4.69, 9.17) is 22.1 Å². The highest BCUT2D eigenvalue weighted by atomic mass is 16.2. The average molecular weight is 507 g/mol. The van der Waals surface area contributed by atoms with E-state index in [1.807, 2.05) is 30.3 Å². The molecule has 0 bridgehead atoms. The number of aliphatic imine (C=N–C) groups is 1. The smallest absolute Gasteiger partial charge is 0.220 e. The number of anilines is 2. The zero-order chi connectivity index (χ0) is 26.5.